The second kappa shape index (κ2) is 6.81. The van der Waals surface area contributed by atoms with E-state index >= 15 is 0 Å². The largest absolute Gasteiger partial charge is 0.501 e. The molecule has 1 aliphatic rings. The van der Waals surface area contributed by atoms with E-state index in [2.05, 4.69) is 24.4 Å². The van der Waals surface area contributed by atoms with Gasteiger partial charge in [-0.3, -0.25) is 0 Å². The van der Waals surface area contributed by atoms with Crippen LogP contribution < -0.4 is 5.32 Å². The van der Waals surface area contributed by atoms with Crippen LogP contribution in [0.5, 0.6) is 0 Å². The summed E-state index contributed by atoms with van der Waals surface area (Å²) >= 11 is 5.95. The highest BCUT2D eigenvalue weighted by Gasteiger charge is 2.18. The van der Waals surface area contributed by atoms with Crippen LogP contribution in [0.15, 0.2) is 36.1 Å². The molecule has 0 amide bonds. The summed E-state index contributed by atoms with van der Waals surface area (Å²) in [4.78, 5) is 0. The van der Waals surface area contributed by atoms with Gasteiger partial charge in [0.15, 0.2) is 0 Å². The van der Waals surface area contributed by atoms with Crippen LogP contribution in [0.25, 0.3) is 0 Å². The topological polar surface area (TPSA) is 21.3 Å². The molecule has 1 aromatic rings. The normalized spacial score (nSPS) is 16.9. The number of hydrogen-bond donors (Lipinski definition) is 1. The van der Waals surface area contributed by atoms with Crippen molar-refractivity contribution >= 4 is 11.6 Å². The van der Waals surface area contributed by atoms with E-state index in [4.69, 9.17) is 16.3 Å². The second-order valence-electron chi connectivity index (χ2n) is 4.61. The maximum absolute atomic E-state index is 5.95. The van der Waals surface area contributed by atoms with Crippen molar-refractivity contribution < 1.29 is 4.74 Å². The van der Waals surface area contributed by atoms with Crippen LogP contribution in [0.1, 0.15) is 37.8 Å². The lowest BCUT2D eigenvalue weighted by Crippen LogP contribution is -2.25. The monoisotopic (exact) mass is 265 g/mol. The highest BCUT2D eigenvalue weighted by atomic mass is 35.5. The summed E-state index contributed by atoms with van der Waals surface area (Å²) in [6.07, 6.45) is 5.25. The van der Waals surface area contributed by atoms with Crippen LogP contribution in [0.4, 0.5) is 0 Å². The molecule has 0 fully saturated rings. The molecule has 0 aliphatic carbocycles. The fraction of sp³-hybridized carbons (Fsp3) is 0.467. The van der Waals surface area contributed by atoms with Crippen molar-refractivity contribution in [3.8, 4) is 0 Å². The highest BCUT2D eigenvalue weighted by molar-refractivity contribution is 6.30. The molecule has 3 heteroatoms. The van der Waals surface area contributed by atoms with E-state index in [-0.39, 0.29) is 6.04 Å². The number of rotatable bonds is 5. The first-order valence-electron chi connectivity index (χ1n) is 6.60. The third-order valence-corrected chi connectivity index (χ3v) is 3.39. The van der Waals surface area contributed by atoms with Gasteiger partial charge in [0.25, 0.3) is 0 Å². The van der Waals surface area contributed by atoms with E-state index in [1.807, 2.05) is 18.4 Å². The Kier molecular flexibility index (Phi) is 5.09. The van der Waals surface area contributed by atoms with Gasteiger partial charge in [-0.1, -0.05) is 30.7 Å². The van der Waals surface area contributed by atoms with E-state index in [0.717, 1.165) is 37.4 Å². The molecule has 0 bridgehead atoms. The molecule has 1 heterocycles. The number of hydrogen-bond acceptors (Lipinski definition) is 2. The Morgan fingerprint density at radius 3 is 2.72 bits per heavy atom. The van der Waals surface area contributed by atoms with Gasteiger partial charge in [0, 0.05) is 5.02 Å². The van der Waals surface area contributed by atoms with E-state index in [0.29, 0.717) is 0 Å². The summed E-state index contributed by atoms with van der Waals surface area (Å²) < 4.78 is 5.46. The summed E-state index contributed by atoms with van der Waals surface area (Å²) in [5.41, 5.74) is 2.58. The maximum atomic E-state index is 5.95. The Bertz CT molecular complexity index is 399. The second-order valence-corrected chi connectivity index (χ2v) is 5.04. The van der Waals surface area contributed by atoms with Gasteiger partial charge in [-0.15, -0.1) is 0 Å². The van der Waals surface area contributed by atoms with E-state index in [9.17, 15) is 0 Å². The quantitative estimate of drug-likeness (QED) is 0.866. The maximum Gasteiger partial charge on any atom is 0.0876 e. The molecule has 1 unspecified atom stereocenters. The van der Waals surface area contributed by atoms with Crippen LogP contribution in [-0.2, 0) is 4.74 Å². The minimum absolute atomic E-state index is 0.252. The Hall–Kier alpha value is -0.990. The minimum atomic E-state index is 0.252. The van der Waals surface area contributed by atoms with Crippen molar-refractivity contribution in [2.24, 2.45) is 0 Å². The average Bonchev–Trinajstić information content (AvgIpc) is 2.42. The van der Waals surface area contributed by atoms with Crippen LogP contribution >= 0.6 is 11.6 Å². The SMILES string of the molecule is CCCNC(C1=COCCC1)c1ccc(Cl)cc1. The molecule has 1 aliphatic heterocycles. The lowest BCUT2D eigenvalue weighted by Gasteiger charge is -2.24. The van der Waals surface area contributed by atoms with Gasteiger partial charge >= 0.3 is 0 Å². The molecule has 0 spiro atoms. The first-order chi connectivity index (χ1) is 8.81. The summed E-state index contributed by atoms with van der Waals surface area (Å²) in [6, 6.07) is 8.32. The van der Waals surface area contributed by atoms with Gasteiger partial charge in [-0.25, -0.2) is 0 Å². The molecular weight excluding hydrogens is 246 g/mol. The van der Waals surface area contributed by atoms with Crippen molar-refractivity contribution in [3.63, 3.8) is 0 Å². The van der Waals surface area contributed by atoms with Crippen molar-refractivity contribution in [1.29, 1.82) is 0 Å². The zero-order valence-corrected chi connectivity index (χ0v) is 11.5. The van der Waals surface area contributed by atoms with Gasteiger partial charge in [0.2, 0.25) is 0 Å². The molecule has 0 aromatic heterocycles. The van der Waals surface area contributed by atoms with Crippen LogP contribution in [0.2, 0.25) is 5.02 Å². The lowest BCUT2D eigenvalue weighted by atomic mass is 9.95. The highest BCUT2D eigenvalue weighted by Crippen LogP contribution is 2.28. The Morgan fingerprint density at radius 2 is 2.11 bits per heavy atom. The Morgan fingerprint density at radius 1 is 1.33 bits per heavy atom. The van der Waals surface area contributed by atoms with E-state index in [1.165, 1.54) is 11.1 Å². The van der Waals surface area contributed by atoms with Gasteiger partial charge in [-0.2, -0.15) is 0 Å². The van der Waals surface area contributed by atoms with Crippen molar-refractivity contribution in [1.82, 2.24) is 5.32 Å². The summed E-state index contributed by atoms with van der Waals surface area (Å²) in [5, 5.41) is 4.36. The van der Waals surface area contributed by atoms with Crippen LogP contribution in [0.3, 0.4) is 0 Å². The Balaban J connectivity index is 2.18. The molecule has 1 atom stereocenters. The standard InChI is InChI=1S/C15H20ClNO/c1-2-9-17-15(13-4-3-10-18-11-13)12-5-7-14(16)8-6-12/h5-8,11,15,17H,2-4,9-10H2,1H3. The first-order valence-corrected chi connectivity index (χ1v) is 6.98. The number of ether oxygens (including phenoxy) is 1. The molecule has 1 N–H and O–H groups in total. The van der Waals surface area contributed by atoms with Gasteiger partial charge in [-0.05, 0) is 49.1 Å². The fourth-order valence-corrected chi connectivity index (χ4v) is 2.33. The summed E-state index contributed by atoms with van der Waals surface area (Å²) in [6.45, 7) is 4.02. The molecule has 18 heavy (non-hydrogen) atoms. The van der Waals surface area contributed by atoms with Gasteiger partial charge in [0.05, 0.1) is 18.9 Å². The number of nitrogens with one attached hydrogen (secondary N) is 1. The summed E-state index contributed by atoms with van der Waals surface area (Å²) in [5.74, 6) is 0. The molecule has 0 saturated carbocycles. The third kappa shape index (κ3) is 3.50. The van der Waals surface area contributed by atoms with Crippen LogP contribution in [-0.4, -0.2) is 13.2 Å². The smallest absolute Gasteiger partial charge is 0.0876 e. The predicted molar refractivity (Wildman–Crippen MR) is 75.8 cm³/mol. The molecular formula is C15H20ClNO. The first kappa shape index (κ1) is 13.4. The molecule has 0 saturated heterocycles. The van der Waals surface area contributed by atoms with Crippen molar-refractivity contribution in [2.75, 3.05) is 13.2 Å². The van der Waals surface area contributed by atoms with Gasteiger partial charge in [0.1, 0.15) is 0 Å². The molecule has 1 aromatic carbocycles. The number of halogens is 1. The fourth-order valence-electron chi connectivity index (χ4n) is 2.20. The average molecular weight is 266 g/mol. The third-order valence-electron chi connectivity index (χ3n) is 3.13. The summed E-state index contributed by atoms with van der Waals surface area (Å²) in [7, 11) is 0. The minimum Gasteiger partial charge on any atom is -0.501 e. The van der Waals surface area contributed by atoms with E-state index in [1.54, 1.807) is 0 Å². The number of benzene rings is 1. The van der Waals surface area contributed by atoms with Gasteiger partial charge < -0.3 is 10.1 Å². The zero-order valence-electron chi connectivity index (χ0n) is 10.8. The molecule has 0 radical (unpaired) electrons. The van der Waals surface area contributed by atoms with Crippen molar-refractivity contribution in [3.05, 3.63) is 46.7 Å². The predicted octanol–water partition coefficient (Wildman–Crippen LogP) is 4.08. The zero-order chi connectivity index (χ0) is 12.8. The van der Waals surface area contributed by atoms with Crippen molar-refractivity contribution in [2.45, 2.75) is 32.2 Å². The lowest BCUT2D eigenvalue weighted by molar-refractivity contribution is 0.219. The molecule has 2 rings (SSSR count). The van der Waals surface area contributed by atoms with Crippen LogP contribution in [0, 0.1) is 0 Å². The van der Waals surface area contributed by atoms with E-state index < -0.39 is 0 Å². The molecule has 2 nitrogen and oxygen atoms in total. The Labute approximate surface area is 114 Å². The molecule has 98 valence electrons.